The Morgan fingerprint density at radius 1 is 1.50 bits per heavy atom. The van der Waals surface area contributed by atoms with Crippen molar-refractivity contribution in [3.63, 3.8) is 0 Å². The van der Waals surface area contributed by atoms with Gasteiger partial charge in [0.05, 0.1) is 0 Å². The standard InChI is InChI=1S/C12H18N2O3S/c1-8(14-11(16)17-12(2,3)4)7-9(15)10-13-5-6-18-10/h5-6,8H,7H2,1-4H3,(H,14,16)/t8-/m1/s1. The molecule has 0 aromatic carbocycles. The number of alkyl carbamates (subject to hydrolysis) is 1. The van der Waals surface area contributed by atoms with Crippen molar-refractivity contribution in [1.82, 2.24) is 10.3 Å². The first-order valence-corrected chi connectivity index (χ1v) is 6.58. The minimum absolute atomic E-state index is 0.0754. The molecule has 100 valence electrons. The second-order valence-electron chi connectivity index (χ2n) is 5.01. The van der Waals surface area contributed by atoms with Crippen molar-refractivity contribution in [2.75, 3.05) is 0 Å². The lowest BCUT2D eigenvalue weighted by Crippen LogP contribution is -2.38. The zero-order valence-corrected chi connectivity index (χ0v) is 11.8. The van der Waals surface area contributed by atoms with Gasteiger partial charge in [-0.05, 0) is 27.7 Å². The molecule has 1 amide bonds. The van der Waals surface area contributed by atoms with Gasteiger partial charge in [0.15, 0.2) is 10.8 Å². The molecule has 0 unspecified atom stereocenters. The molecule has 0 aliphatic heterocycles. The Morgan fingerprint density at radius 2 is 2.17 bits per heavy atom. The van der Waals surface area contributed by atoms with Crippen LogP contribution in [0.5, 0.6) is 0 Å². The Balaban J connectivity index is 2.40. The van der Waals surface area contributed by atoms with Crippen LogP contribution in [-0.2, 0) is 4.74 Å². The van der Waals surface area contributed by atoms with Crippen LogP contribution in [-0.4, -0.2) is 28.5 Å². The number of amides is 1. The molecule has 1 atom stereocenters. The lowest BCUT2D eigenvalue weighted by molar-refractivity contribution is 0.0506. The van der Waals surface area contributed by atoms with Crippen LogP contribution in [0.3, 0.4) is 0 Å². The summed E-state index contributed by atoms with van der Waals surface area (Å²) in [4.78, 5) is 27.2. The average Bonchev–Trinajstić information content (AvgIpc) is 2.65. The second kappa shape index (κ2) is 5.95. The molecule has 5 nitrogen and oxygen atoms in total. The van der Waals surface area contributed by atoms with E-state index in [-0.39, 0.29) is 18.2 Å². The summed E-state index contributed by atoms with van der Waals surface area (Å²) in [5.41, 5.74) is -0.539. The van der Waals surface area contributed by atoms with E-state index < -0.39 is 11.7 Å². The Labute approximate surface area is 111 Å². The van der Waals surface area contributed by atoms with E-state index in [1.165, 1.54) is 11.3 Å². The first-order valence-electron chi connectivity index (χ1n) is 5.70. The normalized spacial score (nSPS) is 12.9. The average molecular weight is 270 g/mol. The van der Waals surface area contributed by atoms with Crippen molar-refractivity contribution in [3.8, 4) is 0 Å². The first kappa shape index (κ1) is 14.6. The number of Topliss-reactive ketones (excluding diaryl/α,β-unsaturated/α-hetero) is 1. The van der Waals surface area contributed by atoms with Crippen molar-refractivity contribution in [2.45, 2.75) is 45.8 Å². The van der Waals surface area contributed by atoms with Crippen LogP contribution < -0.4 is 5.32 Å². The summed E-state index contributed by atoms with van der Waals surface area (Å²) in [5.74, 6) is -0.0754. The summed E-state index contributed by atoms with van der Waals surface area (Å²) < 4.78 is 5.11. The smallest absolute Gasteiger partial charge is 0.407 e. The lowest BCUT2D eigenvalue weighted by Gasteiger charge is -2.21. The van der Waals surface area contributed by atoms with Gasteiger partial charge < -0.3 is 10.1 Å². The van der Waals surface area contributed by atoms with E-state index in [0.29, 0.717) is 5.01 Å². The number of carbonyl (C=O) groups is 2. The molecule has 1 heterocycles. The molecular weight excluding hydrogens is 252 g/mol. The number of ether oxygens (including phenoxy) is 1. The van der Waals surface area contributed by atoms with Crippen LogP contribution in [0, 0.1) is 0 Å². The molecule has 1 N–H and O–H groups in total. The zero-order valence-electron chi connectivity index (χ0n) is 11.0. The Hall–Kier alpha value is -1.43. The van der Waals surface area contributed by atoms with Crippen LogP contribution >= 0.6 is 11.3 Å². The van der Waals surface area contributed by atoms with Gasteiger partial charge in [0.1, 0.15) is 5.60 Å². The maximum Gasteiger partial charge on any atom is 0.407 e. The summed E-state index contributed by atoms with van der Waals surface area (Å²) in [5, 5.41) is 4.84. The SMILES string of the molecule is C[C@H](CC(=O)c1nccs1)NC(=O)OC(C)(C)C. The molecule has 0 aliphatic rings. The molecule has 0 saturated heterocycles. The third kappa shape index (κ3) is 5.27. The van der Waals surface area contributed by atoms with E-state index in [1.54, 1.807) is 39.3 Å². The number of hydrogen-bond donors (Lipinski definition) is 1. The van der Waals surface area contributed by atoms with Crippen LogP contribution in [0.25, 0.3) is 0 Å². The van der Waals surface area contributed by atoms with Crippen molar-refractivity contribution in [3.05, 3.63) is 16.6 Å². The lowest BCUT2D eigenvalue weighted by atomic mass is 10.2. The van der Waals surface area contributed by atoms with Crippen LogP contribution in [0.2, 0.25) is 0 Å². The number of aromatic nitrogens is 1. The third-order valence-corrected chi connectivity index (χ3v) is 2.74. The molecule has 0 aliphatic carbocycles. The zero-order chi connectivity index (χ0) is 13.8. The van der Waals surface area contributed by atoms with Gasteiger partial charge in [-0.2, -0.15) is 0 Å². The quantitative estimate of drug-likeness (QED) is 0.854. The van der Waals surface area contributed by atoms with E-state index in [9.17, 15) is 9.59 Å². The molecule has 1 aromatic rings. The predicted octanol–water partition coefficient (Wildman–Crippen LogP) is 2.63. The van der Waals surface area contributed by atoms with Crippen molar-refractivity contribution >= 4 is 23.2 Å². The summed E-state index contributed by atoms with van der Waals surface area (Å²) in [6, 6.07) is -0.281. The van der Waals surface area contributed by atoms with Crippen LogP contribution in [0.15, 0.2) is 11.6 Å². The van der Waals surface area contributed by atoms with Gasteiger partial charge in [-0.3, -0.25) is 4.79 Å². The minimum atomic E-state index is -0.539. The molecule has 1 rings (SSSR count). The predicted molar refractivity (Wildman–Crippen MR) is 69.9 cm³/mol. The fraction of sp³-hybridized carbons (Fsp3) is 0.583. The van der Waals surface area contributed by atoms with Crippen LogP contribution in [0.4, 0.5) is 4.79 Å². The van der Waals surface area contributed by atoms with Gasteiger partial charge in [-0.15, -0.1) is 11.3 Å². The fourth-order valence-electron chi connectivity index (χ4n) is 1.29. The maximum atomic E-state index is 11.7. The molecule has 0 spiro atoms. The number of thiazole rings is 1. The summed E-state index contributed by atoms with van der Waals surface area (Å²) in [6.45, 7) is 7.13. The van der Waals surface area contributed by atoms with Crippen molar-refractivity contribution in [1.29, 1.82) is 0 Å². The molecule has 6 heteroatoms. The van der Waals surface area contributed by atoms with Gasteiger partial charge in [-0.25, -0.2) is 9.78 Å². The number of ketones is 1. The number of nitrogens with one attached hydrogen (secondary N) is 1. The Morgan fingerprint density at radius 3 is 2.67 bits per heavy atom. The number of nitrogens with zero attached hydrogens (tertiary/aromatic N) is 1. The molecular formula is C12H18N2O3S. The minimum Gasteiger partial charge on any atom is -0.444 e. The maximum absolute atomic E-state index is 11.7. The highest BCUT2D eigenvalue weighted by atomic mass is 32.1. The third-order valence-electron chi connectivity index (χ3n) is 1.93. The monoisotopic (exact) mass is 270 g/mol. The van der Waals surface area contributed by atoms with E-state index >= 15 is 0 Å². The number of carbonyl (C=O) groups excluding carboxylic acids is 2. The Kier molecular flexibility index (Phi) is 4.84. The van der Waals surface area contributed by atoms with E-state index in [4.69, 9.17) is 4.74 Å². The van der Waals surface area contributed by atoms with Crippen LogP contribution in [0.1, 0.15) is 43.9 Å². The van der Waals surface area contributed by atoms with Gasteiger partial charge in [0.25, 0.3) is 0 Å². The largest absolute Gasteiger partial charge is 0.444 e. The van der Waals surface area contributed by atoms with Gasteiger partial charge in [0, 0.05) is 24.0 Å². The van der Waals surface area contributed by atoms with Gasteiger partial charge in [0.2, 0.25) is 0 Å². The molecule has 0 bridgehead atoms. The summed E-state index contributed by atoms with van der Waals surface area (Å²) in [7, 11) is 0. The van der Waals surface area contributed by atoms with E-state index in [1.807, 2.05) is 0 Å². The summed E-state index contributed by atoms with van der Waals surface area (Å²) in [6.07, 6.45) is 1.29. The first-order chi connectivity index (χ1) is 8.28. The highest BCUT2D eigenvalue weighted by molar-refractivity contribution is 7.11. The molecule has 1 aromatic heterocycles. The molecule has 0 saturated carbocycles. The highest BCUT2D eigenvalue weighted by Crippen LogP contribution is 2.10. The molecule has 0 radical (unpaired) electrons. The number of hydrogen-bond acceptors (Lipinski definition) is 5. The van der Waals surface area contributed by atoms with E-state index in [2.05, 4.69) is 10.3 Å². The fourth-order valence-corrected chi connectivity index (χ4v) is 1.87. The van der Waals surface area contributed by atoms with E-state index in [0.717, 1.165) is 0 Å². The highest BCUT2D eigenvalue weighted by Gasteiger charge is 2.19. The Bertz CT molecular complexity index is 409. The molecule has 0 fully saturated rings. The van der Waals surface area contributed by atoms with Crippen molar-refractivity contribution < 1.29 is 14.3 Å². The summed E-state index contributed by atoms with van der Waals surface area (Å²) >= 11 is 1.30. The molecule has 18 heavy (non-hydrogen) atoms. The van der Waals surface area contributed by atoms with Crippen molar-refractivity contribution in [2.24, 2.45) is 0 Å². The topological polar surface area (TPSA) is 68.3 Å². The van der Waals surface area contributed by atoms with Gasteiger partial charge >= 0.3 is 6.09 Å². The van der Waals surface area contributed by atoms with Gasteiger partial charge in [-0.1, -0.05) is 0 Å². The number of rotatable bonds is 4. The second-order valence-corrected chi connectivity index (χ2v) is 5.91.